The van der Waals surface area contributed by atoms with Gasteiger partial charge in [-0.2, -0.15) is 0 Å². The van der Waals surface area contributed by atoms with Gasteiger partial charge in [0, 0.05) is 19.5 Å². The molecule has 22 heavy (non-hydrogen) atoms. The molecule has 1 fully saturated rings. The largest absolute Gasteiger partial charge is 0.352 e. The van der Waals surface area contributed by atoms with Crippen molar-refractivity contribution >= 4 is 11.8 Å². The molecule has 1 aliphatic carbocycles. The van der Waals surface area contributed by atoms with Crippen LogP contribution in [0.25, 0.3) is 0 Å². The van der Waals surface area contributed by atoms with E-state index >= 15 is 0 Å². The molecule has 1 saturated carbocycles. The lowest BCUT2D eigenvalue weighted by Gasteiger charge is -2.30. The predicted octanol–water partition coefficient (Wildman–Crippen LogP) is 2.87. The quantitative estimate of drug-likeness (QED) is 0.909. The zero-order chi connectivity index (χ0) is 15.9. The van der Waals surface area contributed by atoms with Crippen LogP contribution >= 0.6 is 0 Å². The van der Waals surface area contributed by atoms with E-state index in [4.69, 9.17) is 0 Å². The lowest BCUT2D eigenvalue weighted by molar-refractivity contribution is -0.139. The maximum atomic E-state index is 12.4. The van der Waals surface area contributed by atoms with E-state index in [1.807, 2.05) is 37.3 Å². The third-order valence-electron chi connectivity index (χ3n) is 4.40. The third-order valence-corrected chi connectivity index (χ3v) is 4.40. The van der Waals surface area contributed by atoms with Crippen molar-refractivity contribution in [2.24, 2.45) is 0 Å². The first kappa shape index (κ1) is 16.5. The average Bonchev–Trinajstić information content (AvgIpc) is 2.53. The lowest BCUT2D eigenvalue weighted by atomic mass is 9.95. The second-order valence-electron chi connectivity index (χ2n) is 6.15. The number of carbonyl (C=O) groups is 2. The van der Waals surface area contributed by atoms with Gasteiger partial charge in [0.1, 0.15) is 6.04 Å². The van der Waals surface area contributed by atoms with Crippen molar-refractivity contribution in [2.45, 2.75) is 64.6 Å². The molecule has 1 aromatic carbocycles. The Balaban J connectivity index is 1.97. The molecule has 1 aliphatic rings. The van der Waals surface area contributed by atoms with Gasteiger partial charge in [-0.1, -0.05) is 49.6 Å². The van der Waals surface area contributed by atoms with Gasteiger partial charge in [-0.15, -0.1) is 0 Å². The summed E-state index contributed by atoms with van der Waals surface area (Å²) < 4.78 is 0. The normalized spacial score (nSPS) is 16.8. The van der Waals surface area contributed by atoms with E-state index in [-0.39, 0.29) is 17.9 Å². The summed E-state index contributed by atoms with van der Waals surface area (Å²) in [7, 11) is 0. The molecule has 4 heteroatoms. The van der Waals surface area contributed by atoms with Crippen LogP contribution in [0.4, 0.5) is 0 Å². The molecule has 1 unspecified atom stereocenters. The van der Waals surface area contributed by atoms with Gasteiger partial charge < -0.3 is 10.2 Å². The standard InChI is InChI=1S/C18H26N2O2/c1-14(18(22)19-17-11-7-4-8-12-17)20(15(2)21)13-16-9-5-3-6-10-16/h3,5-6,9-10,14,17H,4,7-8,11-13H2,1-2H3,(H,19,22). The average molecular weight is 302 g/mol. The van der Waals surface area contributed by atoms with Gasteiger partial charge in [-0.3, -0.25) is 9.59 Å². The van der Waals surface area contributed by atoms with Crippen LogP contribution in [-0.4, -0.2) is 28.8 Å². The highest BCUT2D eigenvalue weighted by Crippen LogP contribution is 2.18. The van der Waals surface area contributed by atoms with Crippen molar-refractivity contribution in [1.82, 2.24) is 10.2 Å². The summed E-state index contributed by atoms with van der Waals surface area (Å²) in [6.07, 6.45) is 5.73. The van der Waals surface area contributed by atoms with Crippen molar-refractivity contribution in [3.05, 3.63) is 35.9 Å². The fourth-order valence-electron chi connectivity index (χ4n) is 3.01. The Kier molecular flexibility index (Phi) is 5.99. The Labute approximate surface area is 132 Å². The highest BCUT2D eigenvalue weighted by Gasteiger charge is 2.26. The number of rotatable bonds is 5. The van der Waals surface area contributed by atoms with Gasteiger partial charge in [-0.25, -0.2) is 0 Å². The van der Waals surface area contributed by atoms with Crippen LogP contribution < -0.4 is 5.32 Å². The smallest absolute Gasteiger partial charge is 0.242 e. The molecular formula is C18H26N2O2. The van der Waals surface area contributed by atoms with E-state index in [0.717, 1.165) is 18.4 Å². The van der Waals surface area contributed by atoms with E-state index in [9.17, 15) is 9.59 Å². The maximum Gasteiger partial charge on any atom is 0.242 e. The summed E-state index contributed by atoms with van der Waals surface area (Å²) in [6.45, 7) is 3.80. The molecule has 0 radical (unpaired) electrons. The van der Waals surface area contributed by atoms with Gasteiger partial charge in [0.25, 0.3) is 0 Å². The molecule has 0 aromatic heterocycles. The Hall–Kier alpha value is -1.84. The molecule has 0 aliphatic heterocycles. The SMILES string of the molecule is CC(=O)N(Cc1ccccc1)C(C)C(=O)NC1CCCCC1. The van der Waals surface area contributed by atoms with E-state index in [0.29, 0.717) is 6.54 Å². The summed E-state index contributed by atoms with van der Waals surface area (Å²) in [5.41, 5.74) is 1.04. The second kappa shape index (κ2) is 7.97. The molecule has 0 spiro atoms. The monoisotopic (exact) mass is 302 g/mol. The fraction of sp³-hybridized carbons (Fsp3) is 0.556. The lowest BCUT2D eigenvalue weighted by Crippen LogP contribution is -2.49. The second-order valence-corrected chi connectivity index (χ2v) is 6.15. The Bertz CT molecular complexity index is 495. The van der Waals surface area contributed by atoms with Crippen LogP contribution in [0, 0.1) is 0 Å². The van der Waals surface area contributed by atoms with Gasteiger partial charge in [0.15, 0.2) is 0 Å². The van der Waals surface area contributed by atoms with Gasteiger partial charge in [0.05, 0.1) is 0 Å². The minimum Gasteiger partial charge on any atom is -0.352 e. The van der Waals surface area contributed by atoms with Crippen LogP contribution in [0.5, 0.6) is 0 Å². The summed E-state index contributed by atoms with van der Waals surface area (Å²) in [4.78, 5) is 26.0. The van der Waals surface area contributed by atoms with Crippen molar-refractivity contribution in [1.29, 1.82) is 0 Å². The van der Waals surface area contributed by atoms with Gasteiger partial charge in [-0.05, 0) is 25.3 Å². The molecule has 2 rings (SSSR count). The van der Waals surface area contributed by atoms with Crippen molar-refractivity contribution in [3.63, 3.8) is 0 Å². The number of carbonyl (C=O) groups excluding carboxylic acids is 2. The minimum absolute atomic E-state index is 0.0435. The summed E-state index contributed by atoms with van der Waals surface area (Å²) in [6, 6.07) is 9.61. The van der Waals surface area contributed by atoms with Crippen LogP contribution in [0.2, 0.25) is 0 Å². The van der Waals surface area contributed by atoms with E-state index in [2.05, 4.69) is 5.32 Å². The first-order valence-electron chi connectivity index (χ1n) is 8.19. The summed E-state index contributed by atoms with van der Waals surface area (Å²) in [5, 5.41) is 3.11. The summed E-state index contributed by atoms with van der Waals surface area (Å²) >= 11 is 0. The third kappa shape index (κ3) is 4.58. The van der Waals surface area contributed by atoms with Crippen molar-refractivity contribution in [2.75, 3.05) is 0 Å². The molecule has 1 N–H and O–H groups in total. The van der Waals surface area contributed by atoms with Crippen LogP contribution in [0.15, 0.2) is 30.3 Å². The maximum absolute atomic E-state index is 12.4. The number of benzene rings is 1. The number of hydrogen-bond acceptors (Lipinski definition) is 2. The fourth-order valence-corrected chi connectivity index (χ4v) is 3.01. The van der Waals surface area contributed by atoms with Gasteiger partial charge in [0.2, 0.25) is 11.8 Å². The number of nitrogens with one attached hydrogen (secondary N) is 1. The van der Waals surface area contributed by atoms with E-state index < -0.39 is 6.04 Å². The Morgan fingerprint density at radius 3 is 2.41 bits per heavy atom. The topological polar surface area (TPSA) is 49.4 Å². The highest BCUT2D eigenvalue weighted by molar-refractivity contribution is 5.86. The molecule has 2 amide bonds. The van der Waals surface area contributed by atoms with Crippen molar-refractivity contribution in [3.8, 4) is 0 Å². The number of nitrogens with zero attached hydrogens (tertiary/aromatic N) is 1. The molecular weight excluding hydrogens is 276 g/mol. The zero-order valence-corrected chi connectivity index (χ0v) is 13.5. The predicted molar refractivity (Wildman–Crippen MR) is 87.1 cm³/mol. The molecule has 1 aromatic rings. The molecule has 4 nitrogen and oxygen atoms in total. The molecule has 0 heterocycles. The van der Waals surface area contributed by atoms with Crippen LogP contribution in [0.1, 0.15) is 51.5 Å². The van der Waals surface area contributed by atoms with E-state index in [1.165, 1.54) is 26.2 Å². The minimum atomic E-state index is -0.445. The highest BCUT2D eigenvalue weighted by atomic mass is 16.2. The summed E-state index contributed by atoms with van der Waals surface area (Å²) in [5.74, 6) is -0.117. The first-order chi connectivity index (χ1) is 10.6. The molecule has 0 saturated heterocycles. The first-order valence-corrected chi connectivity index (χ1v) is 8.19. The number of hydrogen-bond donors (Lipinski definition) is 1. The van der Waals surface area contributed by atoms with Crippen LogP contribution in [0.3, 0.4) is 0 Å². The van der Waals surface area contributed by atoms with E-state index in [1.54, 1.807) is 4.90 Å². The Morgan fingerprint density at radius 1 is 1.18 bits per heavy atom. The molecule has 1 atom stereocenters. The number of amides is 2. The van der Waals surface area contributed by atoms with Gasteiger partial charge >= 0.3 is 0 Å². The van der Waals surface area contributed by atoms with Crippen LogP contribution in [-0.2, 0) is 16.1 Å². The van der Waals surface area contributed by atoms with Crippen molar-refractivity contribution < 1.29 is 9.59 Å². The molecule has 120 valence electrons. The zero-order valence-electron chi connectivity index (χ0n) is 13.5. The molecule has 0 bridgehead atoms. The Morgan fingerprint density at radius 2 is 1.82 bits per heavy atom.